The van der Waals surface area contributed by atoms with Crippen LogP contribution < -0.4 is 5.63 Å². The molecule has 4 heteroatoms. The molecule has 0 saturated carbocycles. The minimum absolute atomic E-state index is 0.393. The van der Waals surface area contributed by atoms with E-state index in [1.54, 1.807) is 6.07 Å². The average Bonchev–Trinajstić information content (AvgIpc) is 3.20. The van der Waals surface area contributed by atoms with E-state index in [-0.39, 0.29) is 0 Å². The Hall–Kier alpha value is -3.92. The monoisotopic (exact) mass is 364 g/mol. The third-order valence-corrected chi connectivity index (χ3v) is 4.70. The Morgan fingerprint density at radius 2 is 1.43 bits per heavy atom. The first kappa shape index (κ1) is 16.3. The van der Waals surface area contributed by atoms with Crippen LogP contribution in [0.2, 0.25) is 0 Å². The summed E-state index contributed by atoms with van der Waals surface area (Å²) in [5.41, 5.74) is 4.08. The molecule has 28 heavy (non-hydrogen) atoms. The third-order valence-electron chi connectivity index (χ3n) is 4.70. The van der Waals surface area contributed by atoms with Crippen molar-refractivity contribution in [3.63, 3.8) is 0 Å². The first-order valence-electron chi connectivity index (χ1n) is 9.04. The molecule has 0 unspecified atom stereocenters. The molecular weight excluding hydrogens is 348 g/mol. The predicted octanol–water partition coefficient (Wildman–Crippen LogP) is 5.31. The number of hydrogen-bond acceptors (Lipinski definition) is 3. The maximum atomic E-state index is 12.6. The first-order valence-corrected chi connectivity index (χ1v) is 9.04. The van der Waals surface area contributed by atoms with Crippen molar-refractivity contribution in [1.29, 1.82) is 0 Å². The van der Waals surface area contributed by atoms with Gasteiger partial charge in [0.1, 0.15) is 11.3 Å². The molecule has 0 bridgehead atoms. The zero-order valence-electron chi connectivity index (χ0n) is 14.9. The SMILES string of the molecule is O=c1oc2ccccc2cc1-c1cc(-c2ccccc2)n(-c2ccccc2)n1. The van der Waals surface area contributed by atoms with Crippen molar-refractivity contribution in [2.75, 3.05) is 0 Å². The van der Waals surface area contributed by atoms with E-state index >= 15 is 0 Å². The lowest BCUT2D eigenvalue weighted by molar-refractivity contribution is 0.563. The van der Waals surface area contributed by atoms with Crippen molar-refractivity contribution in [2.24, 2.45) is 0 Å². The van der Waals surface area contributed by atoms with Crippen LogP contribution in [0.1, 0.15) is 0 Å². The maximum absolute atomic E-state index is 12.6. The highest BCUT2D eigenvalue weighted by Gasteiger charge is 2.16. The second-order valence-corrected chi connectivity index (χ2v) is 6.51. The lowest BCUT2D eigenvalue weighted by Crippen LogP contribution is -2.04. The molecule has 0 aliphatic rings. The zero-order chi connectivity index (χ0) is 18.9. The third kappa shape index (κ3) is 2.81. The predicted molar refractivity (Wildman–Crippen MR) is 110 cm³/mol. The van der Waals surface area contributed by atoms with Crippen LogP contribution >= 0.6 is 0 Å². The minimum Gasteiger partial charge on any atom is -0.422 e. The second-order valence-electron chi connectivity index (χ2n) is 6.51. The fraction of sp³-hybridized carbons (Fsp3) is 0. The molecule has 3 aromatic carbocycles. The number of benzene rings is 3. The van der Waals surface area contributed by atoms with Crippen LogP contribution in [-0.2, 0) is 0 Å². The molecule has 5 rings (SSSR count). The van der Waals surface area contributed by atoms with Gasteiger partial charge in [-0.3, -0.25) is 0 Å². The summed E-state index contributed by atoms with van der Waals surface area (Å²) in [6.45, 7) is 0. The number of fused-ring (bicyclic) bond motifs is 1. The van der Waals surface area contributed by atoms with Gasteiger partial charge in [0.2, 0.25) is 0 Å². The summed E-state index contributed by atoms with van der Waals surface area (Å²) < 4.78 is 7.36. The maximum Gasteiger partial charge on any atom is 0.345 e. The van der Waals surface area contributed by atoms with Crippen LogP contribution in [0.3, 0.4) is 0 Å². The standard InChI is InChI=1S/C24H16N2O2/c27-24-20(15-18-11-7-8-14-23(18)28-24)21-16-22(17-9-3-1-4-10-17)26(25-21)19-12-5-2-6-13-19/h1-16H. The molecule has 134 valence electrons. The van der Waals surface area contributed by atoms with Gasteiger partial charge < -0.3 is 4.42 Å². The van der Waals surface area contributed by atoms with E-state index in [1.165, 1.54) is 0 Å². The Morgan fingerprint density at radius 1 is 0.750 bits per heavy atom. The van der Waals surface area contributed by atoms with Crippen molar-refractivity contribution in [1.82, 2.24) is 9.78 Å². The highest BCUT2D eigenvalue weighted by molar-refractivity contribution is 5.81. The minimum atomic E-state index is -0.393. The molecule has 0 N–H and O–H groups in total. The summed E-state index contributed by atoms with van der Waals surface area (Å²) in [7, 11) is 0. The number of rotatable bonds is 3. The zero-order valence-corrected chi connectivity index (χ0v) is 14.9. The number of para-hydroxylation sites is 2. The molecule has 2 aromatic heterocycles. The topological polar surface area (TPSA) is 48.0 Å². The Bertz CT molecular complexity index is 1260. The van der Waals surface area contributed by atoms with Gasteiger partial charge in [-0.05, 0) is 30.3 Å². The summed E-state index contributed by atoms with van der Waals surface area (Å²) in [5, 5.41) is 5.62. The lowest BCUT2D eigenvalue weighted by Gasteiger charge is -2.07. The summed E-state index contributed by atoms with van der Waals surface area (Å²) in [6.07, 6.45) is 0. The van der Waals surface area contributed by atoms with Gasteiger partial charge >= 0.3 is 5.63 Å². The molecule has 0 aliphatic heterocycles. The number of nitrogens with zero attached hydrogens (tertiary/aromatic N) is 2. The van der Waals surface area contributed by atoms with E-state index in [0.29, 0.717) is 16.8 Å². The van der Waals surface area contributed by atoms with Gasteiger partial charge in [-0.25, -0.2) is 9.48 Å². The van der Waals surface area contributed by atoms with Crippen molar-refractivity contribution in [2.45, 2.75) is 0 Å². The Balaban J connectivity index is 1.75. The summed E-state index contributed by atoms with van der Waals surface area (Å²) in [6, 6.07) is 31.2. The quantitative estimate of drug-likeness (QED) is 0.408. The smallest absolute Gasteiger partial charge is 0.345 e. The molecule has 0 aliphatic carbocycles. The van der Waals surface area contributed by atoms with E-state index < -0.39 is 5.63 Å². The molecular formula is C24H16N2O2. The van der Waals surface area contributed by atoms with E-state index in [1.807, 2.05) is 95.7 Å². The fourth-order valence-electron chi connectivity index (χ4n) is 3.33. The molecule has 2 heterocycles. The largest absolute Gasteiger partial charge is 0.422 e. The summed E-state index contributed by atoms with van der Waals surface area (Å²) in [4.78, 5) is 12.6. The van der Waals surface area contributed by atoms with Crippen LogP contribution in [-0.4, -0.2) is 9.78 Å². The van der Waals surface area contributed by atoms with Crippen LogP contribution in [0.15, 0.2) is 106 Å². The van der Waals surface area contributed by atoms with E-state index in [9.17, 15) is 4.79 Å². The van der Waals surface area contributed by atoms with E-state index in [4.69, 9.17) is 9.52 Å². The number of aromatic nitrogens is 2. The Kier molecular flexibility index (Phi) is 3.87. The van der Waals surface area contributed by atoms with Gasteiger partial charge in [-0.15, -0.1) is 0 Å². The average molecular weight is 364 g/mol. The molecule has 0 radical (unpaired) electrons. The van der Waals surface area contributed by atoms with E-state index in [0.717, 1.165) is 22.3 Å². The van der Waals surface area contributed by atoms with Gasteiger partial charge in [0.25, 0.3) is 0 Å². The highest BCUT2D eigenvalue weighted by Crippen LogP contribution is 2.28. The lowest BCUT2D eigenvalue weighted by atomic mass is 10.1. The highest BCUT2D eigenvalue weighted by atomic mass is 16.4. The van der Waals surface area contributed by atoms with Crippen molar-refractivity contribution < 1.29 is 4.42 Å². The van der Waals surface area contributed by atoms with Gasteiger partial charge in [0, 0.05) is 10.9 Å². The van der Waals surface area contributed by atoms with Gasteiger partial charge in [0.15, 0.2) is 0 Å². The first-order chi connectivity index (χ1) is 13.8. The molecule has 0 fully saturated rings. The molecule has 0 amide bonds. The number of hydrogen-bond donors (Lipinski definition) is 0. The van der Waals surface area contributed by atoms with Crippen LogP contribution in [0.5, 0.6) is 0 Å². The van der Waals surface area contributed by atoms with Crippen LogP contribution in [0.25, 0.3) is 39.2 Å². The second kappa shape index (κ2) is 6.67. The van der Waals surface area contributed by atoms with Crippen LogP contribution in [0, 0.1) is 0 Å². The molecule has 4 nitrogen and oxygen atoms in total. The van der Waals surface area contributed by atoms with Crippen LogP contribution in [0.4, 0.5) is 0 Å². The molecule has 0 atom stereocenters. The molecule has 5 aromatic rings. The van der Waals surface area contributed by atoms with Gasteiger partial charge in [-0.1, -0.05) is 66.7 Å². The fourth-order valence-corrected chi connectivity index (χ4v) is 3.33. The normalized spacial score (nSPS) is 11.0. The van der Waals surface area contributed by atoms with E-state index in [2.05, 4.69) is 0 Å². The molecule has 0 spiro atoms. The summed E-state index contributed by atoms with van der Waals surface area (Å²) >= 11 is 0. The van der Waals surface area contributed by atoms with Gasteiger partial charge in [-0.2, -0.15) is 5.10 Å². The Morgan fingerprint density at radius 3 is 2.21 bits per heavy atom. The Labute approximate surface area is 161 Å². The molecule has 0 saturated heterocycles. The summed E-state index contributed by atoms with van der Waals surface area (Å²) in [5.74, 6) is 0. The van der Waals surface area contributed by atoms with Crippen molar-refractivity contribution in [3.8, 4) is 28.2 Å². The van der Waals surface area contributed by atoms with Gasteiger partial charge in [0.05, 0.1) is 16.9 Å². The van der Waals surface area contributed by atoms with Crippen molar-refractivity contribution >= 4 is 11.0 Å². The van der Waals surface area contributed by atoms with Crippen molar-refractivity contribution in [3.05, 3.63) is 107 Å².